The molecule has 1 amide bonds. The third-order valence-corrected chi connectivity index (χ3v) is 3.60. The van der Waals surface area contributed by atoms with E-state index in [1.807, 2.05) is 0 Å². The number of hydrogen-bond donors (Lipinski definition) is 0. The summed E-state index contributed by atoms with van der Waals surface area (Å²) in [4.78, 5) is 35.6. The van der Waals surface area contributed by atoms with Crippen LogP contribution in [0.1, 0.15) is 39.0 Å². The number of rotatable bonds is 7. The Kier molecular flexibility index (Phi) is 5.36. The fraction of sp³-hybridized carbons (Fsp3) is 0.643. The largest absolute Gasteiger partial charge is 0.417 e. The second-order valence-corrected chi connectivity index (χ2v) is 5.52. The fourth-order valence-electron chi connectivity index (χ4n) is 2.39. The van der Waals surface area contributed by atoms with Crippen molar-refractivity contribution in [3.8, 4) is 0 Å². The molecule has 0 aliphatic carbocycles. The maximum Gasteiger partial charge on any atom is 0.417 e. The van der Waals surface area contributed by atoms with E-state index in [-0.39, 0.29) is 18.0 Å². The number of carbonyl (C=O) groups is 3. The number of carbonyl (C=O) groups excluding carboxylic acids is 3. The lowest BCUT2D eigenvalue weighted by atomic mass is 10.0. The van der Waals surface area contributed by atoms with E-state index in [9.17, 15) is 14.4 Å². The molecule has 0 aromatic rings. The van der Waals surface area contributed by atoms with E-state index in [1.54, 1.807) is 0 Å². The summed E-state index contributed by atoms with van der Waals surface area (Å²) in [5, 5.41) is -0.706. The lowest BCUT2D eigenvalue weighted by molar-refractivity contribution is -0.147. The smallest absolute Gasteiger partial charge is 0.413 e. The lowest BCUT2D eigenvalue weighted by Crippen LogP contribution is -2.36. The first kappa shape index (κ1) is 16.0. The Bertz CT molecular complexity index is 476. The molecule has 2 atom stereocenters. The molecule has 7 heteroatoms. The van der Waals surface area contributed by atoms with Crippen molar-refractivity contribution in [1.29, 1.82) is 0 Å². The zero-order chi connectivity index (χ0) is 15.4. The predicted octanol–water partition coefficient (Wildman–Crippen LogP) is 2.35. The van der Waals surface area contributed by atoms with Crippen LogP contribution in [-0.2, 0) is 19.1 Å². The molecular formula is C14H18ClNO5. The second kappa shape index (κ2) is 7.04. The van der Waals surface area contributed by atoms with Gasteiger partial charge in [0.2, 0.25) is 11.5 Å². The molecule has 2 rings (SSSR count). The third kappa shape index (κ3) is 3.83. The normalized spacial score (nSPS) is 24.7. The van der Waals surface area contributed by atoms with Gasteiger partial charge in [0.1, 0.15) is 12.6 Å². The molecule has 0 bridgehead atoms. The van der Waals surface area contributed by atoms with Gasteiger partial charge in [-0.25, -0.2) is 4.79 Å². The molecule has 1 fully saturated rings. The molecule has 21 heavy (non-hydrogen) atoms. The van der Waals surface area contributed by atoms with Crippen molar-refractivity contribution in [2.75, 3.05) is 6.54 Å². The van der Waals surface area contributed by atoms with Crippen LogP contribution in [0.4, 0.5) is 4.79 Å². The Morgan fingerprint density at radius 3 is 2.76 bits per heavy atom. The summed E-state index contributed by atoms with van der Waals surface area (Å²) in [6.45, 7) is 1.78. The average Bonchev–Trinajstić information content (AvgIpc) is 2.70. The van der Waals surface area contributed by atoms with E-state index < -0.39 is 23.7 Å². The van der Waals surface area contributed by atoms with Gasteiger partial charge in [-0.05, 0) is 18.0 Å². The Balaban J connectivity index is 1.99. The van der Waals surface area contributed by atoms with Gasteiger partial charge < -0.3 is 9.47 Å². The SMILES string of the molecule is CCCCCCC1OC2OC(=O)N(CC(=O)Cl)C2=CC1=O. The minimum atomic E-state index is -0.914. The number of ketones is 1. The molecule has 1 saturated heterocycles. The summed E-state index contributed by atoms with van der Waals surface area (Å²) in [5.41, 5.74) is 0.254. The van der Waals surface area contributed by atoms with E-state index in [2.05, 4.69) is 6.92 Å². The van der Waals surface area contributed by atoms with Gasteiger partial charge in [0.25, 0.3) is 0 Å². The number of ether oxygens (including phenoxy) is 2. The summed E-state index contributed by atoms with van der Waals surface area (Å²) in [6, 6.07) is 0. The highest BCUT2D eigenvalue weighted by Gasteiger charge is 2.44. The van der Waals surface area contributed by atoms with Gasteiger partial charge in [-0.3, -0.25) is 14.5 Å². The molecule has 2 aliphatic heterocycles. The van der Waals surface area contributed by atoms with Crippen LogP contribution in [0.3, 0.4) is 0 Å². The number of amides is 1. The zero-order valence-corrected chi connectivity index (χ0v) is 12.6. The maximum absolute atomic E-state index is 12.0. The monoisotopic (exact) mass is 315 g/mol. The van der Waals surface area contributed by atoms with Crippen molar-refractivity contribution in [2.45, 2.75) is 51.4 Å². The van der Waals surface area contributed by atoms with Gasteiger partial charge >= 0.3 is 6.09 Å². The van der Waals surface area contributed by atoms with Crippen LogP contribution in [0.2, 0.25) is 0 Å². The van der Waals surface area contributed by atoms with Gasteiger partial charge in [-0.15, -0.1) is 0 Å². The van der Waals surface area contributed by atoms with Crippen molar-refractivity contribution < 1.29 is 23.9 Å². The molecule has 0 saturated carbocycles. The number of unbranched alkanes of at least 4 members (excludes halogenated alkanes) is 3. The lowest BCUT2D eigenvalue weighted by Gasteiger charge is -2.25. The van der Waals surface area contributed by atoms with E-state index in [0.29, 0.717) is 6.42 Å². The summed E-state index contributed by atoms with van der Waals surface area (Å²) >= 11 is 5.28. The molecule has 0 aromatic carbocycles. The van der Waals surface area contributed by atoms with Crippen molar-refractivity contribution in [2.24, 2.45) is 0 Å². The van der Waals surface area contributed by atoms with Crippen LogP contribution in [0.15, 0.2) is 11.8 Å². The summed E-state index contributed by atoms with van der Waals surface area (Å²) < 4.78 is 10.5. The molecule has 0 radical (unpaired) electrons. The maximum atomic E-state index is 12.0. The van der Waals surface area contributed by atoms with Crippen molar-refractivity contribution >= 4 is 28.7 Å². The second-order valence-electron chi connectivity index (χ2n) is 5.10. The molecule has 2 heterocycles. The first-order chi connectivity index (χ1) is 10.0. The molecule has 0 spiro atoms. The van der Waals surface area contributed by atoms with E-state index in [0.717, 1.165) is 30.6 Å². The number of nitrogens with zero attached hydrogens (tertiary/aromatic N) is 1. The fourth-order valence-corrected chi connectivity index (χ4v) is 2.51. The number of fused-ring (bicyclic) bond motifs is 1. The van der Waals surface area contributed by atoms with Gasteiger partial charge in [0.05, 0.1) is 5.70 Å². The van der Waals surface area contributed by atoms with Crippen molar-refractivity contribution in [1.82, 2.24) is 4.90 Å². The minimum Gasteiger partial charge on any atom is -0.413 e. The first-order valence-electron chi connectivity index (χ1n) is 7.10. The number of hydrogen-bond acceptors (Lipinski definition) is 5. The Morgan fingerprint density at radius 2 is 2.10 bits per heavy atom. The minimum absolute atomic E-state index is 0.205. The van der Waals surface area contributed by atoms with E-state index in [4.69, 9.17) is 21.1 Å². The van der Waals surface area contributed by atoms with Crippen LogP contribution in [0.25, 0.3) is 0 Å². The highest BCUT2D eigenvalue weighted by molar-refractivity contribution is 6.64. The first-order valence-corrected chi connectivity index (χ1v) is 7.48. The molecule has 116 valence electrons. The Hall–Kier alpha value is -1.40. The van der Waals surface area contributed by atoms with E-state index in [1.165, 1.54) is 6.08 Å². The van der Waals surface area contributed by atoms with Gasteiger partial charge in [0.15, 0.2) is 5.78 Å². The Labute approximate surface area is 128 Å². The average molecular weight is 316 g/mol. The van der Waals surface area contributed by atoms with Crippen molar-refractivity contribution in [3.05, 3.63) is 11.8 Å². The molecular weight excluding hydrogens is 298 g/mol. The Morgan fingerprint density at radius 1 is 1.33 bits per heavy atom. The van der Waals surface area contributed by atoms with Gasteiger partial charge in [-0.1, -0.05) is 32.6 Å². The van der Waals surface area contributed by atoms with Crippen LogP contribution in [0.5, 0.6) is 0 Å². The molecule has 6 nitrogen and oxygen atoms in total. The van der Waals surface area contributed by atoms with E-state index >= 15 is 0 Å². The zero-order valence-electron chi connectivity index (χ0n) is 11.8. The quantitative estimate of drug-likeness (QED) is 0.532. The number of halogens is 1. The van der Waals surface area contributed by atoms with Crippen LogP contribution in [-0.4, -0.2) is 41.0 Å². The van der Waals surface area contributed by atoms with Crippen molar-refractivity contribution in [3.63, 3.8) is 0 Å². The molecule has 2 unspecified atom stereocenters. The summed E-state index contributed by atoms with van der Waals surface area (Å²) in [6.07, 6.45) is 3.86. The molecule has 0 aromatic heterocycles. The molecule has 2 aliphatic rings. The highest BCUT2D eigenvalue weighted by atomic mass is 35.5. The summed E-state index contributed by atoms with van der Waals surface area (Å²) in [5.74, 6) is -0.205. The van der Waals surface area contributed by atoms with Gasteiger partial charge in [-0.2, -0.15) is 0 Å². The third-order valence-electron chi connectivity index (χ3n) is 3.48. The van der Waals surface area contributed by atoms with Crippen LogP contribution >= 0.6 is 11.6 Å². The standard InChI is InChI=1S/C14H18ClNO5/c1-2-3-4-5-6-11-10(17)7-9-13(20-11)21-14(19)16(9)8-12(15)18/h7,11,13H,2-6,8H2,1H3. The highest BCUT2D eigenvalue weighted by Crippen LogP contribution is 2.30. The summed E-state index contributed by atoms with van der Waals surface area (Å²) in [7, 11) is 0. The van der Waals surface area contributed by atoms with Gasteiger partial charge in [0, 0.05) is 6.08 Å². The van der Waals surface area contributed by atoms with Crippen LogP contribution in [0, 0.1) is 0 Å². The topological polar surface area (TPSA) is 72.9 Å². The van der Waals surface area contributed by atoms with Crippen LogP contribution < -0.4 is 0 Å². The predicted molar refractivity (Wildman–Crippen MR) is 74.6 cm³/mol. The molecule has 0 N–H and O–H groups in total.